The Labute approximate surface area is 124 Å². The zero-order chi connectivity index (χ0) is 12.1. The number of unbranched alkanes of at least 4 members (excludes halogenated alkanes) is 1. The van der Waals surface area contributed by atoms with E-state index in [4.69, 9.17) is 5.73 Å². The molecule has 0 amide bonds. The first-order valence-electron chi connectivity index (χ1n) is 6.26. The quantitative estimate of drug-likeness (QED) is 0.354. The lowest BCUT2D eigenvalue weighted by molar-refractivity contribution is 0.685. The molecule has 2 heterocycles. The molecule has 7 heteroatoms. The van der Waals surface area contributed by atoms with Crippen molar-refractivity contribution in [3.8, 4) is 0 Å². The third kappa shape index (κ3) is 3.82. The first-order valence-corrected chi connectivity index (χ1v) is 6.26. The summed E-state index contributed by atoms with van der Waals surface area (Å²) in [4.78, 5) is 4.28. The van der Waals surface area contributed by atoms with Crippen molar-refractivity contribution in [1.82, 2.24) is 20.1 Å². The summed E-state index contributed by atoms with van der Waals surface area (Å²) in [5.41, 5.74) is 5.76. The number of nitrogens with one attached hydrogen (secondary N) is 1. The summed E-state index contributed by atoms with van der Waals surface area (Å²) in [5.74, 6) is 2.49. The second kappa shape index (κ2) is 7.55. The summed E-state index contributed by atoms with van der Waals surface area (Å²) >= 11 is 0. The summed E-state index contributed by atoms with van der Waals surface area (Å²) in [6.45, 7) is 4.55. The topological polar surface area (TPSA) is 81.1 Å². The van der Waals surface area contributed by atoms with Gasteiger partial charge in [-0.1, -0.05) is 13.3 Å². The molecular weight excluding hydrogens is 343 g/mol. The van der Waals surface area contributed by atoms with Crippen LogP contribution in [0.2, 0.25) is 0 Å². The molecule has 0 unspecified atom stereocenters. The van der Waals surface area contributed by atoms with Crippen LogP contribution in [0, 0.1) is 0 Å². The average Bonchev–Trinajstić information content (AvgIpc) is 2.89. The molecule has 0 radical (unpaired) electrons. The molecule has 0 bridgehead atoms. The Bertz CT molecular complexity index is 400. The number of aromatic nitrogens is 3. The van der Waals surface area contributed by atoms with Gasteiger partial charge < -0.3 is 15.6 Å². The number of aliphatic imine (C=N–C) groups is 1. The van der Waals surface area contributed by atoms with Gasteiger partial charge in [0.1, 0.15) is 12.4 Å². The number of nitrogens with zero attached hydrogens (tertiary/aromatic N) is 4. The van der Waals surface area contributed by atoms with Gasteiger partial charge in [0.05, 0.1) is 0 Å². The van der Waals surface area contributed by atoms with Gasteiger partial charge in [-0.25, -0.2) is 4.99 Å². The van der Waals surface area contributed by atoms with Gasteiger partial charge in [-0.2, -0.15) is 0 Å². The van der Waals surface area contributed by atoms with E-state index in [1.54, 1.807) is 0 Å². The Hall–Kier alpha value is -0.860. The Morgan fingerprint density at radius 3 is 3.11 bits per heavy atom. The maximum Gasteiger partial charge on any atom is 0.189 e. The highest BCUT2D eigenvalue weighted by molar-refractivity contribution is 14.0. The molecule has 6 nitrogen and oxygen atoms in total. The Balaban J connectivity index is 0.00000162. The SMILES string of the molecule is CCCCNC(N)=NCc1nnc2n1CCC2.I. The van der Waals surface area contributed by atoms with E-state index in [1.807, 2.05) is 0 Å². The first-order chi connectivity index (χ1) is 8.31. The molecule has 0 aliphatic carbocycles. The van der Waals surface area contributed by atoms with Crippen molar-refractivity contribution in [2.45, 2.75) is 45.7 Å². The first kappa shape index (κ1) is 15.2. The second-order valence-corrected chi connectivity index (χ2v) is 4.27. The van der Waals surface area contributed by atoms with Gasteiger partial charge in [0.15, 0.2) is 11.8 Å². The maximum absolute atomic E-state index is 5.76. The smallest absolute Gasteiger partial charge is 0.189 e. The van der Waals surface area contributed by atoms with Gasteiger partial charge in [-0.3, -0.25) is 0 Å². The third-order valence-electron chi connectivity index (χ3n) is 2.91. The van der Waals surface area contributed by atoms with Crippen molar-refractivity contribution in [3.05, 3.63) is 11.6 Å². The largest absolute Gasteiger partial charge is 0.370 e. The van der Waals surface area contributed by atoms with E-state index in [-0.39, 0.29) is 24.0 Å². The fourth-order valence-corrected chi connectivity index (χ4v) is 1.93. The van der Waals surface area contributed by atoms with E-state index in [0.29, 0.717) is 12.5 Å². The molecule has 102 valence electrons. The van der Waals surface area contributed by atoms with Gasteiger partial charge in [-0.05, 0) is 12.8 Å². The lowest BCUT2D eigenvalue weighted by atomic mass is 10.3. The van der Waals surface area contributed by atoms with E-state index >= 15 is 0 Å². The van der Waals surface area contributed by atoms with Crippen molar-refractivity contribution in [1.29, 1.82) is 0 Å². The van der Waals surface area contributed by atoms with Crippen molar-refractivity contribution in [3.63, 3.8) is 0 Å². The van der Waals surface area contributed by atoms with Crippen LogP contribution < -0.4 is 11.1 Å². The molecule has 1 aromatic heterocycles. The van der Waals surface area contributed by atoms with Crippen LogP contribution in [0.5, 0.6) is 0 Å². The molecule has 0 saturated carbocycles. The molecule has 18 heavy (non-hydrogen) atoms. The lowest BCUT2D eigenvalue weighted by Crippen LogP contribution is -2.32. The minimum Gasteiger partial charge on any atom is -0.370 e. The van der Waals surface area contributed by atoms with Crippen LogP contribution in [-0.4, -0.2) is 27.3 Å². The zero-order valence-corrected chi connectivity index (χ0v) is 13.1. The van der Waals surface area contributed by atoms with Crippen LogP contribution in [0.4, 0.5) is 0 Å². The minimum atomic E-state index is 0. The van der Waals surface area contributed by atoms with Crippen LogP contribution in [-0.2, 0) is 19.5 Å². The van der Waals surface area contributed by atoms with Crippen molar-refractivity contribution in [2.24, 2.45) is 10.7 Å². The van der Waals surface area contributed by atoms with E-state index < -0.39 is 0 Å². The third-order valence-corrected chi connectivity index (χ3v) is 2.91. The van der Waals surface area contributed by atoms with Gasteiger partial charge in [0, 0.05) is 19.5 Å². The maximum atomic E-state index is 5.76. The summed E-state index contributed by atoms with van der Waals surface area (Å²) in [6.07, 6.45) is 4.45. The monoisotopic (exact) mass is 364 g/mol. The summed E-state index contributed by atoms with van der Waals surface area (Å²) in [7, 11) is 0. The fraction of sp³-hybridized carbons (Fsp3) is 0.727. The van der Waals surface area contributed by atoms with Crippen molar-refractivity contribution in [2.75, 3.05) is 6.54 Å². The van der Waals surface area contributed by atoms with Crippen LogP contribution >= 0.6 is 24.0 Å². The summed E-state index contributed by atoms with van der Waals surface area (Å²) < 4.78 is 2.14. The van der Waals surface area contributed by atoms with E-state index in [2.05, 4.69) is 32.0 Å². The second-order valence-electron chi connectivity index (χ2n) is 4.27. The predicted octanol–water partition coefficient (Wildman–Crippen LogP) is 1.05. The Kier molecular flexibility index (Phi) is 6.37. The zero-order valence-electron chi connectivity index (χ0n) is 10.7. The number of fused-ring (bicyclic) bond motifs is 1. The Morgan fingerprint density at radius 2 is 2.33 bits per heavy atom. The Morgan fingerprint density at radius 1 is 1.50 bits per heavy atom. The molecule has 1 aromatic rings. The molecule has 0 aromatic carbocycles. The van der Waals surface area contributed by atoms with Gasteiger partial charge in [0.25, 0.3) is 0 Å². The highest BCUT2D eigenvalue weighted by atomic mass is 127. The van der Waals surface area contributed by atoms with E-state index in [0.717, 1.165) is 50.4 Å². The molecule has 1 aliphatic heterocycles. The molecule has 1 aliphatic rings. The summed E-state index contributed by atoms with van der Waals surface area (Å²) in [6, 6.07) is 0. The molecule has 0 saturated heterocycles. The molecular formula is C11H21IN6. The minimum absolute atomic E-state index is 0. The number of hydrogen-bond acceptors (Lipinski definition) is 3. The van der Waals surface area contributed by atoms with Crippen LogP contribution in [0.15, 0.2) is 4.99 Å². The van der Waals surface area contributed by atoms with E-state index in [1.165, 1.54) is 0 Å². The van der Waals surface area contributed by atoms with Gasteiger partial charge in [0.2, 0.25) is 0 Å². The van der Waals surface area contributed by atoms with Crippen molar-refractivity contribution >= 4 is 29.9 Å². The number of hydrogen-bond donors (Lipinski definition) is 2. The van der Waals surface area contributed by atoms with Crippen LogP contribution in [0.3, 0.4) is 0 Å². The summed E-state index contributed by atoms with van der Waals surface area (Å²) in [5, 5.41) is 11.3. The molecule has 3 N–H and O–H groups in total. The number of halogens is 1. The lowest BCUT2D eigenvalue weighted by Gasteiger charge is -2.04. The average molecular weight is 364 g/mol. The number of rotatable bonds is 5. The normalized spacial score (nSPS) is 14.2. The highest BCUT2D eigenvalue weighted by Crippen LogP contribution is 2.14. The molecule has 0 fully saturated rings. The molecule has 0 spiro atoms. The van der Waals surface area contributed by atoms with Gasteiger partial charge >= 0.3 is 0 Å². The van der Waals surface area contributed by atoms with Crippen molar-refractivity contribution < 1.29 is 0 Å². The predicted molar refractivity (Wildman–Crippen MR) is 82.0 cm³/mol. The van der Waals surface area contributed by atoms with Crippen LogP contribution in [0.1, 0.15) is 37.8 Å². The van der Waals surface area contributed by atoms with Crippen LogP contribution in [0.25, 0.3) is 0 Å². The molecule has 0 atom stereocenters. The van der Waals surface area contributed by atoms with Gasteiger partial charge in [-0.15, -0.1) is 34.2 Å². The van der Waals surface area contributed by atoms with E-state index in [9.17, 15) is 0 Å². The number of nitrogens with two attached hydrogens (primary N) is 1. The number of aryl methyl sites for hydroxylation is 1. The number of guanidine groups is 1. The fourth-order valence-electron chi connectivity index (χ4n) is 1.93. The highest BCUT2D eigenvalue weighted by Gasteiger charge is 2.16. The standard InChI is InChI=1S/C11H20N6.HI/c1-2-3-6-13-11(12)14-8-10-16-15-9-5-4-7-17(9)10;/h2-8H2,1H3,(H3,12,13,14);1H. The molecule has 2 rings (SSSR count).